The van der Waals surface area contributed by atoms with Crippen LogP contribution in [0.15, 0.2) is 18.2 Å². The molecule has 3 N–H and O–H groups in total. The van der Waals surface area contributed by atoms with E-state index in [-0.39, 0.29) is 0 Å². The summed E-state index contributed by atoms with van der Waals surface area (Å²) in [6, 6.07) is 8.96. The van der Waals surface area contributed by atoms with E-state index < -0.39 is 0 Å². The lowest BCUT2D eigenvalue weighted by Crippen LogP contribution is -2.32. The second-order valence-corrected chi connectivity index (χ2v) is 4.92. The Bertz CT molecular complexity index is 426. The zero-order valence-electron chi connectivity index (χ0n) is 10.2. The highest BCUT2D eigenvalue weighted by Gasteiger charge is 2.18. The van der Waals surface area contributed by atoms with Crippen LogP contribution in [0.1, 0.15) is 36.8 Å². The highest BCUT2D eigenvalue weighted by Crippen LogP contribution is 2.24. The van der Waals surface area contributed by atoms with Gasteiger partial charge in [-0.2, -0.15) is 5.26 Å². The molecule has 0 radical (unpaired) electrons. The van der Waals surface area contributed by atoms with Gasteiger partial charge in [0, 0.05) is 12.1 Å². The number of benzene rings is 1. The molecule has 1 aromatic carbocycles. The quantitative estimate of drug-likeness (QED) is 0.819. The Kier molecular flexibility index (Phi) is 3.65. The van der Waals surface area contributed by atoms with Crippen LogP contribution in [0.5, 0.6) is 0 Å². The van der Waals surface area contributed by atoms with Crippen molar-refractivity contribution in [1.29, 1.82) is 5.26 Å². The van der Waals surface area contributed by atoms with E-state index in [0.29, 0.717) is 12.1 Å². The molecule has 1 aromatic rings. The fraction of sp³-hybridized carbons (Fsp3) is 0.500. The molecule has 0 aromatic heterocycles. The van der Waals surface area contributed by atoms with Crippen LogP contribution in [0.3, 0.4) is 0 Å². The van der Waals surface area contributed by atoms with Gasteiger partial charge in [-0.15, -0.1) is 0 Å². The monoisotopic (exact) mass is 229 g/mol. The number of nitrogens with one attached hydrogen (secondary N) is 1. The minimum absolute atomic E-state index is 0.362. The van der Waals surface area contributed by atoms with Crippen molar-refractivity contribution in [1.82, 2.24) is 0 Å². The minimum Gasteiger partial charge on any atom is -0.381 e. The van der Waals surface area contributed by atoms with Crippen molar-refractivity contribution < 1.29 is 0 Å². The first kappa shape index (κ1) is 11.9. The van der Waals surface area contributed by atoms with Gasteiger partial charge in [0.2, 0.25) is 0 Å². The van der Waals surface area contributed by atoms with Gasteiger partial charge in [-0.3, -0.25) is 0 Å². The number of nitriles is 1. The number of nitrogens with zero attached hydrogens (tertiary/aromatic N) is 1. The number of anilines is 1. The highest BCUT2D eigenvalue weighted by atomic mass is 14.9. The van der Waals surface area contributed by atoms with Crippen LogP contribution in [0.2, 0.25) is 0 Å². The Balaban J connectivity index is 2.08. The summed E-state index contributed by atoms with van der Waals surface area (Å²) >= 11 is 0. The molecular weight excluding hydrogens is 210 g/mol. The Morgan fingerprint density at radius 3 is 2.65 bits per heavy atom. The molecule has 1 fully saturated rings. The average Bonchev–Trinajstić information content (AvgIpc) is 2.32. The summed E-state index contributed by atoms with van der Waals surface area (Å²) in [5.74, 6) is 0. The van der Waals surface area contributed by atoms with E-state index in [1.165, 1.54) is 5.56 Å². The van der Waals surface area contributed by atoms with Crippen LogP contribution in [0, 0.1) is 18.3 Å². The van der Waals surface area contributed by atoms with Gasteiger partial charge in [0.15, 0.2) is 0 Å². The zero-order valence-corrected chi connectivity index (χ0v) is 10.2. The summed E-state index contributed by atoms with van der Waals surface area (Å²) in [5.41, 5.74) is 8.76. The fourth-order valence-electron chi connectivity index (χ4n) is 2.36. The standard InChI is InChI=1S/C14H19N3/c1-10-2-3-11(9-15)14(8-10)17-13-6-4-12(16)5-7-13/h2-3,8,12-13,17H,4-7,16H2,1H3. The van der Waals surface area contributed by atoms with Gasteiger partial charge in [0.05, 0.1) is 11.3 Å². The topological polar surface area (TPSA) is 61.8 Å². The van der Waals surface area contributed by atoms with Crippen molar-refractivity contribution in [2.24, 2.45) is 5.73 Å². The Morgan fingerprint density at radius 1 is 1.29 bits per heavy atom. The maximum atomic E-state index is 9.07. The number of aryl methyl sites for hydroxylation is 1. The van der Waals surface area contributed by atoms with E-state index in [1.54, 1.807) is 0 Å². The van der Waals surface area contributed by atoms with Gasteiger partial charge in [-0.05, 0) is 50.3 Å². The van der Waals surface area contributed by atoms with E-state index in [9.17, 15) is 0 Å². The predicted molar refractivity (Wildman–Crippen MR) is 69.7 cm³/mol. The molecule has 0 atom stereocenters. The Hall–Kier alpha value is -1.53. The molecule has 2 rings (SSSR count). The number of nitrogens with two attached hydrogens (primary N) is 1. The van der Waals surface area contributed by atoms with Crippen molar-refractivity contribution in [2.75, 3.05) is 5.32 Å². The summed E-state index contributed by atoms with van der Waals surface area (Å²) in [7, 11) is 0. The van der Waals surface area contributed by atoms with Crippen LogP contribution in [0.25, 0.3) is 0 Å². The van der Waals surface area contributed by atoms with Gasteiger partial charge < -0.3 is 11.1 Å². The van der Waals surface area contributed by atoms with Crippen LogP contribution in [0.4, 0.5) is 5.69 Å². The van der Waals surface area contributed by atoms with Crippen molar-refractivity contribution in [3.05, 3.63) is 29.3 Å². The SMILES string of the molecule is Cc1ccc(C#N)c(NC2CCC(N)CC2)c1. The molecule has 0 bridgehead atoms. The molecule has 17 heavy (non-hydrogen) atoms. The summed E-state index contributed by atoms with van der Waals surface area (Å²) in [5, 5.41) is 12.6. The largest absolute Gasteiger partial charge is 0.381 e. The third-order valence-electron chi connectivity index (χ3n) is 3.43. The van der Waals surface area contributed by atoms with Crippen LogP contribution < -0.4 is 11.1 Å². The summed E-state index contributed by atoms with van der Waals surface area (Å²) in [6.07, 6.45) is 4.34. The number of rotatable bonds is 2. The first-order chi connectivity index (χ1) is 8.19. The predicted octanol–water partition coefficient (Wildman–Crippen LogP) is 2.55. The van der Waals surface area contributed by atoms with Gasteiger partial charge in [-0.1, -0.05) is 6.07 Å². The fourth-order valence-corrected chi connectivity index (χ4v) is 2.36. The third kappa shape index (κ3) is 2.98. The van der Waals surface area contributed by atoms with Gasteiger partial charge in [0.1, 0.15) is 6.07 Å². The highest BCUT2D eigenvalue weighted by molar-refractivity contribution is 5.59. The third-order valence-corrected chi connectivity index (χ3v) is 3.43. The normalized spacial score (nSPS) is 24.1. The Labute approximate surface area is 103 Å². The van der Waals surface area contributed by atoms with E-state index >= 15 is 0 Å². The molecule has 1 saturated carbocycles. The molecule has 0 amide bonds. The maximum absolute atomic E-state index is 9.07. The van der Waals surface area contributed by atoms with E-state index in [2.05, 4.69) is 11.4 Å². The molecule has 0 unspecified atom stereocenters. The molecule has 1 aliphatic rings. The number of hydrogen-bond donors (Lipinski definition) is 2. The van der Waals surface area contributed by atoms with Gasteiger partial charge >= 0.3 is 0 Å². The average molecular weight is 229 g/mol. The van der Waals surface area contributed by atoms with E-state index in [1.807, 2.05) is 25.1 Å². The molecule has 90 valence electrons. The summed E-state index contributed by atoms with van der Waals surface area (Å²) in [6.45, 7) is 2.04. The van der Waals surface area contributed by atoms with Crippen molar-refractivity contribution in [3.63, 3.8) is 0 Å². The summed E-state index contributed by atoms with van der Waals surface area (Å²) in [4.78, 5) is 0. The summed E-state index contributed by atoms with van der Waals surface area (Å²) < 4.78 is 0. The lowest BCUT2D eigenvalue weighted by atomic mass is 9.91. The second kappa shape index (κ2) is 5.20. The Morgan fingerprint density at radius 2 is 2.00 bits per heavy atom. The first-order valence-corrected chi connectivity index (χ1v) is 6.22. The smallest absolute Gasteiger partial charge is 0.101 e. The van der Waals surface area contributed by atoms with Crippen LogP contribution in [-0.2, 0) is 0 Å². The van der Waals surface area contributed by atoms with E-state index in [4.69, 9.17) is 11.0 Å². The molecule has 0 heterocycles. The molecule has 0 spiro atoms. The lowest BCUT2D eigenvalue weighted by molar-refractivity contribution is 0.411. The maximum Gasteiger partial charge on any atom is 0.101 e. The van der Waals surface area contributed by atoms with Crippen molar-refractivity contribution in [3.8, 4) is 6.07 Å². The molecule has 1 aliphatic carbocycles. The van der Waals surface area contributed by atoms with Gasteiger partial charge in [-0.25, -0.2) is 0 Å². The molecule has 3 nitrogen and oxygen atoms in total. The van der Waals surface area contributed by atoms with E-state index in [0.717, 1.165) is 36.9 Å². The van der Waals surface area contributed by atoms with Crippen molar-refractivity contribution in [2.45, 2.75) is 44.7 Å². The first-order valence-electron chi connectivity index (χ1n) is 6.22. The zero-order chi connectivity index (χ0) is 12.3. The molecule has 0 aliphatic heterocycles. The van der Waals surface area contributed by atoms with Gasteiger partial charge in [0.25, 0.3) is 0 Å². The second-order valence-electron chi connectivity index (χ2n) is 4.92. The minimum atomic E-state index is 0.362. The molecule has 3 heteroatoms. The lowest BCUT2D eigenvalue weighted by Gasteiger charge is -2.28. The molecule has 0 saturated heterocycles. The van der Waals surface area contributed by atoms with Crippen LogP contribution >= 0.6 is 0 Å². The van der Waals surface area contributed by atoms with Crippen LogP contribution in [-0.4, -0.2) is 12.1 Å². The molecular formula is C14H19N3. The van der Waals surface area contributed by atoms with Crippen molar-refractivity contribution >= 4 is 5.69 Å². The number of hydrogen-bond acceptors (Lipinski definition) is 3.